The molecule has 136 valence electrons. The Bertz CT molecular complexity index is 1020. The Morgan fingerprint density at radius 1 is 1.15 bits per heavy atom. The van der Waals surface area contributed by atoms with Gasteiger partial charge in [-0.2, -0.15) is 0 Å². The third-order valence-electron chi connectivity index (χ3n) is 3.81. The van der Waals surface area contributed by atoms with E-state index in [0.29, 0.717) is 21.7 Å². The molecule has 10 heteroatoms. The summed E-state index contributed by atoms with van der Waals surface area (Å²) in [5.74, 6) is -1.48. The number of nitrogens with zero attached hydrogens (tertiary/aromatic N) is 4. The number of hydroxylamine groups is 2. The van der Waals surface area contributed by atoms with Crippen molar-refractivity contribution in [2.75, 3.05) is 0 Å². The Balaban J connectivity index is 1.42. The van der Waals surface area contributed by atoms with Crippen LogP contribution >= 0.6 is 11.8 Å². The highest BCUT2D eigenvalue weighted by Gasteiger charge is 2.39. The van der Waals surface area contributed by atoms with Gasteiger partial charge in [0.15, 0.2) is 5.16 Å². The van der Waals surface area contributed by atoms with Crippen LogP contribution in [-0.2, 0) is 17.6 Å². The van der Waals surface area contributed by atoms with Crippen LogP contribution in [0.2, 0.25) is 0 Å². The number of aryl methyl sites for hydroxylation is 1. The maximum Gasteiger partial charge on any atom is 0.399 e. The van der Waals surface area contributed by atoms with Gasteiger partial charge < -0.3 is 13.8 Å². The molecule has 3 aromatic rings. The quantitative estimate of drug-likeness (QED) is 0.486. The fourth-order valence-corrected chi connectivity index (χ4v) is 3.26. The summed E-state index contributed by atoms with van der Waals surface area (Å²) in [6.45, 7) is 0. The van der Waals surface area contributed by atoms with E-state index in [1.165, 1.54) is 30.0 Å². The van der Waals surface area contributed by atoms with Gasteiger partial charge in [-0.25, -0.2) is 4.79 Å². The minimum absolute atomic E-state index is 0.111. The molecule has 0 radical (unpaired) electrons. The minimum atomic E-state index is -0.931. The van der Waals surface area contributed by atoms with Crippen molar-refractivity contribution in [3.8, 4) is 0 Å². The second-order valence-electron chi connectivity index (χ2n) is 5.61. The number of hydrogen-bond donors (Lipinski definition) is 0. The molecule has 0 N–H and O–H groups in total. The van der Waals surface area contributed by atoms with E-state index in [1.807, 2.05) is 7.05 Å². The van der Waals surface area contributed by atoms with E-state index >= 15 is 0 Å². The standard InChI is InChI=1S/C17H12N4O5S/c1-20-9-18-19-17(20)27-8-10-6-7-13(25-10)16(24)26-21-14(22)11-4-2-3-5-12(11)15(21)23/h2-7,9H,8H2,1H3. The van der Waals surface area contributed by atoms with Crippen molar-refractivity contribution in [3.63, 3.8) is 0 Å². The van der Waals surface area contributed by atoms with Gasteiger partial charge in [0.05, 0.1) is 16.9 Å². The van der Waals surface area contributed by atoms with E-state index in [0.717, 1.165) is 0 Å². The predicted molar refractivity (Wildman–Crippen MR) is 91.6 cm³/mol. The maximum absolute atomic E-state index is 12.2. The van der Waals surface area contributed by atoms with E-state index in [2.05, 4.69) is 10.2 Å². The molecule has 2 aromatic heterocycles. The Morgan fingerprint density at radius 3 is 2.48 bits per heavy atom. The molecule has 0 unspecified atom stereocenters. The topological polar surface area (TPSA) is 108 Å². The molecule has 3 heterocycles. The Morgan fingerprint density at radius 2 is 1.85 bits per heavy atom. The van der Waals surface area contributed by atoms with Crippen LogP contribution in [0.5, 0.6) is 0 Å². The number of rotatable bonds is 5. The van der Waals surface area contributed by atoms with Crippen LogP contribution in [0.25, 0.3) is 0 Å². The van der Waals surface area contributed by atoms with Gasteiger partial charge >= 0.3 is 5.97 Å². The number of thioether (sulfide) groups is 1. The van der Waals surface area contributed by atoms with Crippen molar-refractivity contribution >= 4 is 29.5 Å². The number of carbonyl (C=O) groups excluding carboxylic acids is 3. The van der Waals surface area contributed by atoms with Gasteiger partial charge in [-0.1, -0.05) is 29.0 Å². The van der Waals surface area contributed by atoms with Crippen LogP contribution in [0.4, 0.5) is 0 Å². The first kappa shape index (κ1) is 17.0. The Labute approximate surface area is 156 Å². The largest absolute Gasteiger partial charge is 0.453 e. The first-order valence-electron chi connectivity index (χ1n) is 7.80. The molecule has 4 rings (SSSR count). The lowest BCUT2D eigenvalue weighted by Crippen LogP contribution is -2.32. The molecule has 0 fully saturated rings. The lowest BCUT2D eigenvalue weighted by Gasteiger charge is -2.11. The monoisotopic (exact) mass is 384 g/mol. The minimum Gasteiger partial charge on any atom is -0.453 e. The molecular formula is C17H12N4O5S. The van der Waals surface area contributed by atoms with Crippen LogP contribution in [-0.4, -0.2) is 37.6 Å². The summed E-state index contributed by atoms with van der Waals surface area (Å²) in [5.41, 5.74) is 0.381. The molecule has 27 heavy (non-hydrogen) atoms. The maximum atomic E-state index is 12.2. The third-order valence-corrected chi connectivity index (χ3v) is 4.86. The number of furan rings is 1. The highest BCUT2D eigenvalue weighted by molar-refractivity contribution is 7.98. The first-order chi connectivity index (χ1) is 13.0. The molecule has 0 spiro atoms. The van der Waals surface area contributed by atoms with Gasteiger partial charge in [0.1, 0.15) is 12.1 Å². The average molecular weight is 384 g/mol. The smallest absolute Gasteiger partial charge is 0.399 e. The highest BCUT2D eigenvalue weighted by Crippen LogP contribution is 2.25. The van der Waals surface area contributed by atoms with Crippen molar-refractivity contribution in [1.82, 2.24) is 19.8 Å². The van der Waals surface area contributed by atoms with Crippen LogP contribution in [0.1, 0.15) is 37.0 Å². The van der Waals surface area contributed by atoms with Crippen LogP contribution in [0.3, 0.4) is 0 Å². The summed E-state index contributed by atoms with van der Waals surface area (Å²) in [6.07, 6.45) is 1.58. The van der Waals surface area contributed by atoms with Gasteiger partial charge in [0.2, 0.25) is 5.76 Å². The second kappa shape index (κ2) is 6.72. The van der Waals surface area contributed by atoms with Crippen molar-refractivity contribution in [2.24, 2.45) is 7.05 Å². The summed E-state index contributed by atoms with van der Waals surface area (Å²) >= 11 is 1.38. The first-order valence-corrected chi connectivity index (χ1v) is 8.79. The van der Waals surface area contributed by atoms with E-state index in [-0.39, 0.29) is 16.9 Å². The summed E-state index contributed by atoms with van der Waals surface area (Å²) in [4.78, 5) is 41.7. The average Bonchev–Trinajstić information content (AvgIpc) is 3.36. The van der Waals surface area contributed by atoms with Gasteiger partial charge in [0, 0.05) is 7.05 Å². The number of carbonyl (C=O) groups is 3. The number of aromatic nitrogens is 3. The van der Waals surface area contributed by atoms with Gasteiger partial charge in [-0.05, 0) is 24.3 Å². The molecule has 0 saturated carbocycles. The van der Waals surface area contributed by atoms with Crippen molar-refractivity contribution < 1.29 is 23.6 Å². The molecule has 1 aromatic carbocycles. The molecule has 9 nitrogen and oxygen atoms in total. The van der Waals surface area contributed by atoms with E-state index in [9.17, 15) is 14.4 Å². The predicted octanol–water partition coefficient (Wildman–Crippen LogP) is 2.07. The zero-order valence-corrected chi connectivity index (χ0v) is 14.8. The lowest BCUT2D eigenvalue weighted by molar-refractivity contribution is -0.0603. The number of amides is 2. The number of imide groups is 1. The molecule has 0 saturated heterocycles. The normalized spacial score (nSPS) is 13.1. The van der Waals surface area contributed by atoms with Crippen molar-refractivity contribution in [3.05, 3.63) is 65.4 Å². The summed E-state index contributed by atoms with van der Waals surface area (Å²) in [6, 6.07) is 9.29. The zero-order chi connectivity index (χ0) is 19.0. The van der Waals surface area contributed by atoms with E-state index < -0.39 is 17.8 Å². The SMILES string of the molecule is Cn1cnnc1SCc1ccc(C(=O)ON2C(=O)c3ccccc3C2=O)o1. The van der Waals surface area contributed by atoms with Gasteiger partial charge in [-0.15, -0.1) is 10.2 Å². The number of hydrogen-bond acceptors (Lipinski definition) is 8. The molecule has 0 aliphatic carbocycles. The molecule has 0 bridgehead atoms. The summed E-state index contributed by atoms with van der Waals surface area (Å²) in [7, 11) is 1.81. The van der Waals surface area contributed by atoms with Crippen LogP contribution < -0.4 is 0 Å². The third kappa shape index (κ3) is 3.10. The second-order valence-corrected chi connectivity index (χ2v) is 6.55. The highest BCUT2D eigenvalue weighted by atomic mass is 32.2. The van der Waals surface area contributed by atoms with Gasteiger partial charge in [-0.3, -0.25) is 9.59 Å². The zero-order valence-electron chi connectivity index (χ0n) is 14.0. The molecule has 1 aliphatic heterocycles. The number of benzene rings is 1. The summed E-state index contributed by atoms with van der Waals surface area (Å²) < 4.78 is 7.19. The Kier molecular flexibility index (Phi) is 4.24. The van der Waals surface area contributed by atoms with Gasteiger partial charge in [0.25, 0.3) is 11.8 Å². The van der Waals surface area contributed by atoms with Crippen molar-refractivity contribution in [1.29, 1.82) is 0 Å². The Hall–Kier alpha value is -3.40. The molecule has 1 aliphatic rings. The number of fused-ring (bicyclic) bond motifs is 1. The van der Waals surface area contributed by atoms with E-state index in [1.54, 1.807) is 29.1 Å². The van der Waals surface area contributed by atoms with Crippen molar-refractivity contribution in [2.45, 2.75) is 10.9 Å². The summed E-state index contributed by atoms with van der Waals surface area (Å²) in [5, 5.41) is 8.86. The lowest BCUT2D eigenvalue weighted by atomic mass is 10.1. The van der Waals surface area contributed by atoms with Crippen LogP contribution in [0, 0.1) is 0 Å². The fourth-order valence-electron chi connectivity index (χ4n) is 2.48. The van der Waals surface area contributed by atoms with E-state index in [4.69, 9.17) is 9.25 Å². The molecule has 0 atom stereocenters. The molecular weight excluding hydrogens is 372 g/mol. The molecule has 2 amide bonds. The van der Waals surface area contributed by atoms with Crippen LogP contribution in [0.15, 0.2) is 52.3 Å². The fraction of sp³-hybridized carbons (Fsp3) is 0.118.